The van der Waals surface area contributed by atoms with E-state index in [9.17, 15) is 5.11 Å². The van der Waals surface area contributed by atoms with Crippen LogP contribution in [0.4, 0.5) is 0 Å². The molecule has 0 spiro atoms. The Morgan fingerprint density at radius 1 is 1.27 bits per heavy atom. The fourth-order valence-electron chi connectivity index (χ4n) is 1.70. The second kappa shape index (κ2) is 4.98. The van der Waals surface area contributed by atoms with Crippen LogP contribution in [0.15, 0.2) is 24.3 Å². The molecule has 0 aromatic rings. The molecule has 1 nitrogen and oxygen atoms in total. The van der Waals surface area contributed by atoms with Crippen LogP contribution in [0.5, 0.6) is 0 Å². The minimum Gasteiger partial charge on any atom is -0.392 e. The van der Waals surface area contributed by atoms with Crippen LogP contribution in [0.25, 0.3) is 0 Å². The molecule has 0 amide bonds. The summed E-state index contributed by atoms with van der Waals surface area (Å²) < 4.78 is 0. The van der Waals surface area contributed by atoms with Crippen LogP contribution in [-0.2, 0) is 0 Å². The minimum absolute atomic E-state index is 0.116. The van der Waals surface area contributed by atoms with Crippen LogP contribution < -0.4 is 0 Å². The van der Waals surface area contributed by atoms with E-state index >= 15 is 0 Å². The van der Waals surface area contributed by atoms with Crippen molar-refractivity contribution in [2.45, 2.75) is 54.1 Å². The molecule has 0 fully saturated rings. The van der Waals surface area contributed by atoms with Gasteiger partial charge in [-0.15, -0.1) is 6.58 Å². The lowest BCUT2D eigenvalue weighted by Crippen LogP contribution is -2.40. The zero-order chi connectivity index (χ0) is 12.3. The molecule has 1 N–H and O–H groups in total. The van der Waals surface area contributed by atoms with Gasteiger partial charge in [-0.3, -0.25) is 0 Å². The van der Waals surface area contributed by atoms with Crippen LogP contribution in [0.3, 0.4) is 0 Å². The third-order valence-electron chi connectivity index (χ3n) is 3.01. The van der Waals surface area contributed by atoms with Gasteiger partial charge >= 0.3 is 0 Å². The van der Waals surface area contributed by atoms with Gasteiger partial charge in [0.25, 0.3) is 0 Å². The molecule has 88 valence electrons. The van der Waals surface area contributed by atoms with Crippen LogP contribution >= 0.6 is 0 Å². The number of hydrogen-bond acceptors (Lipinski definition) is 1. The van der Waals surface area contributed by atoms with Crippen molar-refractivity contribution in [3.05, 3.63) is 24.3 Å². The molecule has 0 aliphatic heterocycles. The van der Waals surface area contributed by atoms with Crippen LogP contribution in [-0.4, -0.2) is 11.2 Å². The van der Waals surface area contributed by atoms with Crippen molar-refractivity contribution >= 4 is 0 Å². The van der Waals surface area contributed by atoms with Gasteiger partial charge in [-0.1, -0.05) is 45.4 Å². The Hall–Kier alpha value is -0.560. The van der Waals surface area contributed by atoms with Gasteiger partial charge in [0, 0.05) is 5.41 Å². The van der Waals surface area contributed by atoms with E-state index in [1.807, 2.05) is 19.9 Å². The molecule has 1 heteroatoms. The van der Waals surface area contributed by atoms with Gasteiger partial charge in [0.1, 0.15) is 0 Å². The van der Waals surface area contributed by atoms with Gasteiger partial charge in [-0.25, -0.2) is 0 Å². The van der Waals surface area contributed by atoms with Crippen molar-refractivity contribution in [3.63, 3.8) is 0 Å². The summed E-state index contributed by atoms with van der Waals surface area (Å²) in [4.78, 5) is 0. The highest BCUT2D eigenvalue weighted by atomic mass is 16.3. The maximum absolute atomic E-state index is 10.3. The summed E-state index contributed by atoms with van der Waals surface area (Å²) in [7, 11) is 0. The Kier molecular flexibility index (Phi) is 4.79. The molecule has 0 saturated carbocycles. The fraction of sp³-hybridized carbons (Fsp3) is 0.714. The number of rotatable bonds is 5. The van der Waals surface area contributed by atoms with E-state index in [1.54, 1.807) is 0 Å². The molecule has 0 bridgehead atoms. The number of aliphatic hydroxyl groups excluding tert-OH is 1. The molecule has 0 aromatic carbocycles. The van der Waals surface area contributed by atoms with Crippen molar-refractivity contribution in [1.29, 1.82) is 0 Å². The molecule has 0 rings (SSSR count). The monoisotopic (exact) mass is 210 g/mol. The van der Waals surface area contributed by atoms with Crippen LogP contribution in [0, 0.1) is 10.8 Å². The van der Waals surface area contributed by atoms with E-state index in [1.165, 1.54) is 5.57 Å². The van der Waals surface area contributed by atoms with E-state index < -0.39 is 0 Å². The topological polar surface area (TPSA) is 20.2 Å². The van der Waals surface area contributed by atoms with Crippen molar-refractivity contribution in [2.24, 2.45) is 10.8 Å². The summed E-state index contributed by atoms with van der Waals surface area (Å²) in [6, 6.07) is 0. The largest absolute Gasteiger partial charge is 0.392 e. The second-order valence-electron chi connectivity index (χ2n) is 5.90. The zero-order valence-corrected chi connectivity index (χ0v) is 11.1. The van der Waals surface area contributed by atoms with Gasteiger partial charge in [0.15, 0.2) is 0 Å². The number of hydrogen-bond donors (Lipinski definition) is 1. The van der Waals surface area contributed by atoms with E-state index in [4.69, 9.17) is 0 Å². The molecule has 1 unspecified atom stereocenters. The summed E-state index contributed by atoms with van der Waals surface area (Å²) >= 11 is 0. The molecular formula is C14H26O. The van der Waals surface area contributed by atoms with Crippen molar-refractivity contribution in [3.8, 4) is 0 Å². The normalized spacial score (nSPS) is 14.6. The first-order valence-electron chi connectivity index (χ1n) is 5.58. The molecular weight excluding hydrogens is 184 g/mol. The quantitative estimate of drug-likeness (QED) is 0.681. The molecule has 0 heterocycles. The third kappa shape index (κ3) is 4.21. The van der Waals surface area contributed by atoms with Crippen molar-refractivity contribution in [2.75, 3.05) is 0 Å². The Balaban J connectivity index is 4.72. The van der Waals surface area contributed by atoms with Gasteiger partial charge in [-0.2, -0.15) is 0 Å². The molecule has 1 atom stereocenters. The highest BCUT2D eigenvalue weighted by Gasteiger charge is 2.36. The SMILES string of the molecule is C=CC(C)(C)C(O)C(C)(C)CC=C(C)C. The Morgan fingerprint density at radius 2 is 1.73 bits per heavy atom. The molecule has 0 aliphatic carbocycles. The summed E-state index contributed by atoms with van der Waals surface area (Å²) in [6.45, 7) is 16.2. The lowest BCUT2D eigenvalue weighted by Gasteiger charge is -2.39. The summed E-state index contributed by atoms with van der Waals surface area (Å²) in [5, 5.41) is 10.3. The average Bonchev–Trinajstić information content (AvgIpc) is 2.13. The zero-order valence-electron chi connectivity index (χ0n) is 11.1. The Labute approximate surface area is 94.9 Å². The Bertz CT molecular complexity index is 242. The fourth-order valence-corrected chi connectivity index (χ4v) is 1.70. The van der Waals surface area contributed by atoms with E-state index in [2.05, 4.69) is 40.3 Å². The predicted molar refractivity (Wildman–Crippen MR) is 67.8 cm³/mol. The average molecular weight is 210 g/mol. The molecule has 0 saturated heterocycles. The van der Waals surface area contributed by atoms with Crippen molar-refractivity contribution in [1.82, 2.24) is 0 Å². The van der Waals surface area contributed by atoms with Crippen molar-refractivity contribution < 1.29 is 5.11 Å². The minimum atomic E-state index is -0.377. The first kappa shape index (κ1) is 14.4. The lowest BCUT2D eigenvalue weighted by molar-refractivity contribution is -0.0172. The molecule has 0 aromatic heterocycles. The summed E-state index contributed by atoms with van der Waals surface area (Å²) in [5.74, 6) is 0. The molecule has 0 aliphatic rings. The first-order chi connectivity index (χ1) is 6.63. The number of allylic oxidation sites excluding steroid dienone is 2. The highest BCUT2D eigenvalue weighted by Crippen LogP contribution is 2.37. The maximum atomic E-state index is 10.3. The van der Waals surface area contributed by atoms with Crippen LogP contribution in [0.1, 0.15) is 48.0 Å². The first-order valence-corrected chi connectivity index (χ1v) is 5.58. The Morgan fingerprint density at radius 3 is 2.07 bits per heavy atom. The van der Waals surface area contributed by atoms with E-state index in [0.717, 1.165) is 6.42 Å². The van der Waals surface area contributed by atoms with Gasteiger partial charge in [0.05, 0.1) is 6.10 Å². The molecule has 0 radical (unpaired) electrons. The highest BCUT2D eigenvalue weighted by molar-refractivity contribution is 5.03. The number of aliphatic hydroxyl groups is 1. The van der Waals surface area contributed by atoms with E-state index in [-0.39, 0.29) is 16.9 Å². The van der Waals surface area contributed by atoms with Crippen LogP contribution in [0.2, 0.25) is 0 Å². The third-order valence-corrected chi connectivity index (χ3v) is 3.01. The second-order valence-corrected chi connectivity index (χ2v) is 5.90. The van der Waals surface area contributed by atoms with Gasteiger partial charge in [-0.05, 0) is 25.7 Å². The maximum Gasteiger partial charge on any atom is 0.0679 e. The van der Waals surface area contributed by atoms with Gasteiger partial charge in [0.2, 0.25) is 0 Å². The lowest BCUT2D eigenvalue weighted by atomic mass is 9.70. The standard InChI is InChI=1S/C14H26O/c1-8-13(4,5)12(15)14(6,7)10-9-11(2)3/h8-9,12,15H,1,10H2,2-7H3. The van der Waals surface area contributed by atoms with Gasteiger partial charge < -0.3 is 5.11 Å². The summed E-state index contributed by atoms with van der Waals surface area (Å²) in [5.41, 5.74) is 0.945. The molecule has 15 heavy (non-hydrogen) atoms. The summed E-state index contributed by atoms with van der Waals surface area (Å²) in [6.07, 6.45) is 4.54. The smallest absolute Gasteiger partial charge is 0.0679 e. The van der Waals surface area contributed by atoms with E-state index in [0.29, 0.717) is 0 Å². The predicted octanol–water partition coefficient (Wildman–Crippen LogP) is 3.94.